The number of hydrogen-bond acceptors (Lipinski definition) is 7. The van der Waals surface area contributed by atoms with Crippen LogP contribution >= 0.6 is 11.8 Å². The third-order valence-corrected chi connectivity index (χ3v) is 7.34. The first kappa shape index (κ1) is 27.3. The number of pyridine rings is 1. The van der Waals surface area contributed by atoms with E-state index >= 15 is 0 Å². The number of carbonyl (C=O) groups excluding carboxylic acids is 1. The number of thioether (sulfide) groups is 1. The van der Waals surface area contributed by atoms with Gasteiger partial charge in [0.2, 0.25) is 0 Å². The van der Waals surface area contributed by atoms with E-state index in [0.29, 0.717) is 29.1 Å². The molecule has 1 N–H and O–H groups in total. The zero-order valence-corrected chi connectivity index (χ0v) is 24.0. The molecule has 204 valence electrons. The number of aromatic amines is 1. The molecule has 0 unspecified atom stereocenters. The van der Waals surface area contributed by atoms with Gasteiger partial charge in [-0.2, -0.15) is 5.10 Å². The lowest BCUT2D eigenvalue weighted by molar-refractivity contribution is -0.117. The van der Waals surface area contributed by atoms with Crippen molar-refractivity contribution < 1.29 is 9.53 Å². The summed E-state index contributed by atoms with van der Waals surface area (Å²) in [7, 11) is 0. The largest absolute Gasteiger partial charge is 0.455 e. The van der Waals surface area contributed by atoms with Gasteiger partial charge in [-0.25, -0.2) is 14.6 Å². The molecular weight excluding hydrogens is 522 g/mol. The number of rotatable bonds is 8. The molecule has 0 amide bonds. The SMILES string of the molecule is CSc1cc(Oc2ccnc3[nH]c(=O)cnc23)ccc1CC(=O)Cc1cc(C(C)(C)C)nn1-c1ccc(C)cc1. The molecule has 0 saturated carbocycles. The first-order chi connectivity index (χ1) is 19.1. The van der Waals surface area contributed by atoms with E-state index in [9.17, 15) is 9.59 Å². The highest BCUT2D eigenvalue weighted by molar-refractivity contribution is 7.98. The van der Waals surface area contributed by atoms with Gasteiger partial charge in [-0.3, -0.25) is 9.59 Å². The number of carbonyl (C=O) groups is 1. The van der Waals surface area contributed by atoms with Crippen LogP contribution < -0.4 is 10.3 Å². The second-order valence-corrected chi connectivity index (χ2v) is 11.6. The second-order valence-electron chi connectivity index (χ2n) is 10.7. The topological polar surface area (TPSA) is 103 Å². The molecule has 2 aromatic carbocycles. The van der Waals surface area contributed by atoms with Crippen molar-refractivity contribution in [2.45, 2.75) is 50.8 Å². The van der Waals surface area contributed by atoms with E-state index < -0.39 is 0 Å². The third kappa shape index (κ3) is 5.99. The van der Waals surface area contributed by atoms with Crippen LogP contribution in [0.2, 0.25) is 0 Å². The summed E-state index contributed by atoms with van der Waals surface area (Å²) in [5, 5.41) is 4.87. The van der Waals surface area contributed by atoms with Crippen LogP contribution in [-0.2, 0) is 23.1 Å². The molecule has 3 heterocycles. The summed E-state index contributed by atoms with van der Waals surface area (Å²) in [6, 6.07) is 17.6. The van der Waals surface area contributed by atoms with Crippen molar-refractivity contribution in [2.75, 3.05) is 6.26 Å². The second kappa shape index (κ2) is 11.1. The minimum absolute atomic E-state index is 0.103. The standard InChI is InChI=1S/C31H31N5O3S/c1-19-6-9-21(10-7-19)36-22(16-27(35-36)31(2,3)4)15-23(37)14-20-8-11-24(17-26(20)40-5)39-25-12-13-32-30-29(25)33-18-28(38)34-30/h6-13,16-18H,14-15H2,1-5H3,(H,32,34,38). The maximum Gasteiger partial charge on any atom is 0.268 e. The van der Waals surface area contributed by atoms with Crippen LogP contribution in [0.1, 0.15) is 43.3 Å². The number of benzene rings is 2. The van der Waals surface area contributed by atoms with Crippen molar-refractivity contribution in [2.24, 2.45) is 0 Å². The summed E-state index contributed by atoms with van der Waals surface area (Å²) in [6.45, 7) is 8.42. The summed E-state index contributed by atoms with van der Waals surface area (Å²) < 4.78 is 8.00. The Bertz CT molecular complexity index is 1750. The lowest BCUT2D eigenvalue weighted by Crippen LogP contribution is -2.13. The number of aryl methyl sites for hydroxylation is 1. The molecule has 8 nitrogen and oxygen atoms in total. The smallest absolute Gasteiger partial charge is 0.268 e. The van der Waals surface area contributed by atoms with E-state index in [0.717, 1.165) is 27.5 Å². The normalized spacial score (nSPS) is 11.6. The molecule has 0 spiro atoms. The highest BCUT2D eigenvalue weighted by Crippen LogP contribution is 2.32. The fraction of sp³-hybridized carbons (Fsp3) is 0.258. The van der Waals surface area contributed by atoms with Crippen LogP contribution in [-0.4, -0.2) is 36.8 Å². The number of hydrogen-bond donors (Lipinski definition) is 1. The van der Waals surface area contributed by atoms with Crippen LogP contribution in [0.5, 0.6) is 11.5 Å². The summed E-state index contributed by atoms with van der Waals surface area (Å²) in [4.78, 5) is 36.9. The van der Waals surface area contributed by atoms with Gasteiger partial charge in [-0.05, 0) is 49.1 Å². The summed E-state index contributed by atoms with van der Waals surface area (Å²) in [5.41, 5.74) is 5.23. The summed E-state index contributed by atoms with van der Waals surface area (Å²) in [5.74, 6) is 1.19. The molecule has 0 aliphatic rings. The molecule has 0 aliphatic carbocycles. The van der Waals surface area contributed by atoms with E-state index in [2.05, 4.69) is 54.8 Å². The van der Waals surface area contributed by atoms with Crippen LogP contribution in [0.15, 0.2) is 76.7 Å². The number of H-pyrrole nitrogens is 1. The Morgan fingerprint density at radius 1 is 1.02 bits per heavy atom. The van der Waals surface area contributed by atoms with E-state index in [1.54, 1.807) is 24.0 Å². The van der Waals surface area contributed by atoms with E-state index in [1.807, 2.05) is 47.3 Å². The predicted octanol–water partition coefficient (Wildman–Crippen LogP) is 5.98. The Morgan fingerprint density at radius 3 is 2.52 bits per heavy atom. The minimum Gasteiger partial charge on any atom is -0.455 e. The Kier molecular flexibility index (Phi) is 7.58. The van der Waals surface area contributed by atoms with Crippen LogP contribution in [0.4, 0.5) is 0 Å². The Morgan fingerprint density at radius 2 is 1.80 bits per heavy atom. The predicted molar refractivity (Wildman–Crippen MR) is 158 cm³/mol. The molecule has 5 rings (SSSR count). The van der Waals surface area contributed by atoms with Gasteiger partial charge in [-0.1, -0.05) is 44.5 Å². The van der Waals surface area contributed by atoms with Gasteiger partial charge in [0.15, 0.2) is 11.4 Å². The number of nitrogens with zero attached hydrogens (tertiary/aromatic N) is 4. The lowest BCUT2D eigenvalue weighted by atomic mass is 9.92. The Hall–Kier alpha value is -4.24. The van der Waals surface area contributed by atoms with Gasteiger partial charge in [0.25, 0.3) is 5.56 Å². The maximum atomic E-state index is 13.4. The van der Waals surface area contributed by atoms with Crippen molar-refractivity contribution in [3.8, 4) is 17.2 Å². The molecule has 9 heteroatoms. The molecular formula is C31H31N5O3S. The van der Waals surface area contributed by atoms with E-state index in [1.165, 1.54) is 11.8 Å². The highest BCUT2D eigenvalue weighted by Gasteiger charge is 2.22. The van der Waals surface area contributed by atoms with Crippen molar-refractivity contribution in [1.29, 1.82) is 0 Å². The molecule has 3 aromatic heterocycles. The number of ether oxygens (including phenoxy) is 1. The van der Waals surface area contributed by atoms with Crippen molar-refractivity contribution >= 4 is 28.7 Å². The molecule has 0 aliphatic heterocycles. The fourth-order valence-electron chi connectivity index (χ4n) is 4.37. The zero-order chi connectivity index (χ0) is 28.4. The number of aromatic nitrogens is 5. The molecule has 0 radical (unpaired) electrons. The van der Waals surface area contributed by atoms with Crippen molar-refractivity contribution in [3.63, 3.8) is 0 Å². The first-order valence-electron chi connectivity index (χ1n) is 13.0. The number of fused-ring (bicyclic) bond motifs is 1. The molecule has 0 fully saturated rings. The Labute approximate surface area is 236 Å². The summed E-state index contributed by atoms with van der Waals surface area (Å²) >= 11 is 1.56. The first-order valence-corrected chi connectivity index (χ1v) is 14.2. The Balaban J connectivity index is 1.37. The number of nitrogens with one attached hydrogen (secondary N) is 1. The zero-order valence-electron chi connectivity index (χ0n) is 23.2. The fourth-order valence-corrected chi connectivity index (χ4v) is 5.00. The van der Waals surface area contributed by atoms with Gasteiger partial charge >= 0.3 is 0 Å². The third-order valence-electron chi connectivity index (χ3n) is 6.52. The number of ketones is 1. The average molecular weight is 554 g/mol. The summed E-state index contributed by atoms with van der Waals surface area (Å²) in [6.07, 6.45) is 5.30. The van der Waals surface area contributed by atoms with Crippen LogP contribution in [0, 0.1) is 6.92 Å². The molecule has 40 heavy (non-hydrogen) atoms. The molecule has 0 saturated heterocycles. The monoisotopic (exact) mass is 553 g/mol. The van der Waals surface area contributed by atoms with Gasteiger partial charge in [0, 0.05) is 35.4 Å². The molecule has 5 aromatic rings. The van der Waals surface area contributed by atoms with Crippen LogP contribution in [0.3, 0.4) is 0 Å². The maximum absolute atomic E-state index is 13.4. The highest BCUT2D eigenvalue weighted by atomic mass is 32.2. The van der Waals surface area contributed by atoms with E-state index in [4.69, 9.17) is 9.84 Å². The van der Waals surface area contributed by atoms with Crippen molar-refractivity contribution in [3.05, 3.63) is 99.9 Å². The van der Waals surface area contributed by atoms with Gasteiger partial charge in [-0.15, -0.1) is 11.8 Å². The number of Topliss-reactive ketones (excluding diaryl/α,β-unsaturated/α-hetero) is 1. The van der Waals surface area contributed by atoms with Crippen LogP contribution in [0.25, 0.3) is 16.9 Å². The van der Waals surface area contributed by atoms with Gasteiger partial charge < -0.3 is 9.72 Å². The van der Waals surface area contributed by atoms with Gasteiger partial charge in [0.1, 0.15) is 17.0 Å². The lowest BCUT2D eigenvalue weighted by Gasteiger charge is -2.14. The van der Waals surface area contributed by atoms with Crippen molar-refractivity contribution in [1.82, 2.24) is 24.7 Å². The quantitative estimate of drug-likeness (QED) is 0.236. The average Bonchev–Trinajstić information content (AvgIpc) is 3.34. The van der Waals surface area contributed by atoms with E-state index in [-0.39, 0.29) is 23.2 Å². The van der Waals surface area contributed by atoms with Gasteiger partial charge in [0.05, 0.1) is 23.3 Å². The molecule has 0 atom stereocenters. The molecule has 0 bridgehead atoms. The minimum atomic E-state index is -0.326.